The minimum atomic E-state index is -0.510. The second kappa shape index (κ2) is 12.0. The molecule has 1 aliphatic carbocycles. The van der Waals surface area contributed by atoms with Crippen LogP contribution in [-0.2, 0) is 6.42 Å². The van der Waals surface area contributed by atoms with Gasteiger partial charge in [-0.2, -0.15) is 5.26 Å². The van der Waals surface area contributed by atoms with Crippen LogP contribution >= 0.6 is 0 Å². The number of aryl methyl sites for hydroxylation is 1. The molecule has 4 atom stereocenters. The third-order valence-electron chi connectivity index (χ3n) is 11.3. The minimum Gasteiger partial charge on any atom is -0.508 e. The lowest BCUT2D eigenvalue weighted by Crippen LogP contribution is -2.38. The van der Waals surface area contributed by atoms with Crippen molar-refractivity contribution in [3.05, 3.63) is 88.7 Å². The Hall–Kier alpha value is -5.24. The van der Waals surface area contributed by atoms with Gasteiger partial charge in [-0.05, 0) is 91.4 Å². The molecule has 50 heavy (non-hydrogen) atoms. The van der Waals surface area contributed by atoms with Crippen LogP contribution in [0.15, 0.2) is 71.8 Å². The standard InChI is InChI=1S/C40H37FN6O3/c1-46-13-5-8-26(46)21-50-40-35-31(24-10-11-33(49)44-18-24)20-47(38-25-16-32(38)43-19-25)39(35)30-15-23(7-4-12-42)34(36(41)37(30)45-40)29-17-27(48)14-22-6-2-3-9-28(22)29/h2-3,6,9-11,14-15,17-18,20,25-26,32,38,43,48H,4-5,7-8,13,16,19,21H2,1H3,(H,44,49)/t25?,26-,32?,38?/m0/s1. The van der Waals surface area contributed by atoms with Gasteiger partial charge in [-0.25, -0.2) is 9.37 Å². The summed E-state index contributed by atoms with van der Waals surface area (Å²) in [6, 6.07) is 19.1. The van der Waals surface area contributed by atoms with E-state index in [-0.39, 0.29) is 35.3 Å². The van der Waals surface area contributed by atoms with Crippen LogP contribution in [0.3, 0.4) is 0 Å². The SMILES string of the molecule is CN1CCC[C@H]1COc1nc2c(F)c(-c3cc(O)cc4ccccc34)c(CCC#N)cc2c2c1c(-c1ccc(=O)[nH]c1)cn2C1C2CNC1C2. The first-order chi connectivity index (χ1) is 24.4. The number of nitrogens with zero attached hydrogens (tertiary/aromatic N) is 4. The summed E-state index contributed by atoms with van der Waals surface area (Å²) in [6.45, 7) is 2.31. The van der Waals surface area contributed by atoms with Gasteiger partial charge in [0.05, 0.1) is 23.0 Å². The van der Waals surface area contributed by atoms with Crippen LogP contribution < -0.4 is 15.6 Å². The molecule has 0 spiro atoms. The molecule has 10 rings (SSSR count). The average molecular weight is 669 g/mol. The number of likely N-dealkylation sites (N-methyl/N-ethyl adjacent to an activating group) is 1. The molecule has 252 valence electrons. The molecule has 10 heteroatoms. The fourth-order valence-corrected chi connectivity index (χ4v) is 8.71. The number of aromatic hydroxyl groups is 1. The average Bonchev–Trinajstić information content (AvgIpc) is 3.92. The molecule has 3 N–H and O–H groups in total. The normalized spacial score (nSPS) is 21.6. The van der Waals surface area contributed by atoms with E-state index < -0.39 is 5.82 Å². The summed E-state index contributed by atoms with van der Waals surface area (Å²) < 4.78 is 26.6. The van der Waals surface area contributed by atoms with Gasteiger partial charge in [0.2, 0.25) is 11.4 Å². The highest BCUT2D eigenvalue weighted by Crippen LogP contribution is 2.50. The predicted octanol–water partition coefficient (Wildman–Crippen LogP) is 6.67. The second-order valence-corrected chi connectivity index (χ2v) is 14.1. The third-order valence-corrected chi connectivity index (χ3v) is 11.3. The number of benzene rings is 3. The molecule has 6 heterocycles. The van der Waals surface area contributed by atoms with Gasteiger partial charge in [-0.15, -0.1) is 0 Å². The number of aromatic nitrogens is 3. The van der Waals surface area contributed by atoms with Gasteiger partial charge in [-0.3, -0.25) is 4.79 Å². The van der Waals surface area contributed by atoms with Crippen molar-refractivity contribution in [1.29, 1.82) is 5.26 Å². The van der Waals surface area contributed by atoms with Gasteiger partial charge in [0.25, 0.3) is 0 Å². The highest BCUT2D eigenvalue weighted by atomic mass is 19.1. The van der Waals surface area contributed by atoms with Gasteiger partial charge < -0.3 is 29.6 Å². The minimum absolute atomic E-state index is 0.0323. The zero-order valence-electron chi connectivity index (χ0n) is 27.7. The summed E-state index contributed by atoms with van der Waals surface area (Å²) >= 11 is 0. The number of aromatic amines is 1. The quantitative estimate of drug-likeness (QED) is 0.166. The van der Waals surface area contributed by atoms with Crippen LogP contribution in [0.5, 0.6) is 11.6 Å². The third kappa shape index (κ3) is 4.87. The number of likely N-dealkylation sites (tertiary alicyclic amines) is 1. The zero-order chi connectivity index (χ0) is 34.1. The van der Waals surface area contributed by atoms with E-state index in [4.69, 9.17) is 9.72 Å². The fourth-order valence-electron chi connectivity index (χ4n) is 8.71. The maximum Gasteiger partial charge on any atom is 0.247 e. The Morgan fingerprint density at radius 2 is 2.02 bits per heavy atom. The molecular formula is C40H37FN6O3. The van der Waals surface area contributed by atoms with Crippen LogP contribution in [0.2, 0.25) is 0 Å². The number of pyridine rings is 2. The molecule has 3 aliphatic heterocycles. The zero-order valence-corrected chi connectivity index (χ0v) is 27.7. The van der Waals surface area contributed by atoms with Crippen molar-refractivity contribution >= 4 is 32.6 Å². The number of halogens is 1. The Morgan fingerprint density at radius 3 is 2.76 bits per heavy atom. The van der Waals surface area contributed by atoms with E-state index >= 15 is 4.39 Å². The van der Waals surface area contributed by atoms with Crippen molar-refractivity contribution in [2.24, 2.45) is 5.92 Å². The van der Waals surface area contributed by atoms with Crippen molar-refractivity contribution in [1.82, 2.24) is 24.8 Å². The number of phenols is 1. The van der Waals surface area contributed by atoms with Crippen LogP contribution in [0.4, 0.5) is 4.39 Å². The fraction of sp³-hybridized carbons (Fsp3) is 0.325. The Labute approximate surface area is 287 Å². The Kier molecular flexibility index (Phi) is 7.37. The first-order valence-corrected chi connectivity index (χ1v) is 17.4. The summed E-state index contributed by atoms with van der Waals surface area (Å²) in [7, 11) is 2.10. The molecule has 0 radical (unpaired) electrons. The molecule has 4 aliphatic rings. The molecule has 3 aromatic carbocycles. The van der Waals surface area contributed by atoms with Crippen molar-refractivity contribution in [2.45, 2.75) is 50.2 Å². The summed E-state index contributed by atoms with van der Waals surface area (Å²) in [5, 5.41) is 27.1. The molecule has 6 aromatic rings. The molecule has 3 unspecified atom stereocenters. The number of hydrogen-bond acceptors (Lipinski definition) is 7. The molecule has 3 aromatic heterocycles. The van der Waals surface area contributed by atoms with Crippen LogP contribution in [0.25, 0.3) is 54.8 Å². The summed E-state index contributed by atoms with van der Waals surface area (Å²) in [6.07, 6.45) is 7.51. The van der Waals surface area contributed by atoms with Gasteiger partial charge in [-0.1, -0.05) is 24.3 Å². The maximum atomic E-state index is 17.6. The van der Waals surface area contributed by atoms with Gasteiger partial charge in [0.15, 0.2) is 5.82 Å². The Bertz CT molecular complexity index is 2390. The first-order valence-electron chi connectivity index (χ1n) is 17.4. The van der Waals surface area contributed by atoms with Crippen molar-refractivity contribution in [3.8, 4) is 40.0 Å². The Balaban J connectivity index is 1.37. The number of ether oxygens (including phenoxy) is 1. The van der Waals surface area contributed by atoms with E-state index in [1.807, 2.05) is 30.3 Å². The number of phenolic OH excluding ortho intramolecular Hbond substituents is 1. The van der Waals surface area contributed by atoms with Gasteiger partial charge >= 0.3 is 0 Å². The topological polar surface area (TPSA) is 119 Å². The van der Waals surface area contributed by atoms with E-state index in [1.54, 1.807) is 24.4 Å². The molecule has 0 amide bonds. The molecule has 3 saturated heterocycles. The van der Waals surface area contributed by atoms with Crippen LogP contribution in [-0.4, -0.2) is 63.4 Å². The van der Waals surface area contributed by atoms with Crippen molar-refractivity contribution in [3.63, 3.8) is 0 Å². The van der Waals surface area contributed by atoms with Gasteiger partial charge in [0.1, 0.15) is 17.9 Å². The van der Waals surface area contributed by atoms with Crippen LogP contribution in [0.1, 0.15) is 37.3 Å². The van der Waals surface area contributed by atoms with Gasteiger partial charge in [0, 0.05) is 65.6 Å². The van der Waals surface area contributed by atoms with Crippen molar-refractivity contribution in [2.75, 3.05) is 26.7 Å². The number of nitrogens with one attached hydrogen (secondary N) is 2. The number of rotatable bonds is 8. The van der Waals surface area contributed by atoms with E-state index in [1.165, 1.54) is 6.07 Å². The summed E-state index contributed by atoms with van der Waals surface area (Å²) in [5.74, 6) is 0.302. The van der Waals surface area contributed by atoms with E-state index in [2.05, 4.69) is 39.1 Å². The first kappa shape index (κ1) is 30.8. The lowest BCUT2D eigenvalue weighted by atomic mass is 9.80. The number of H-pyrrole nitrogens is 1. The largest absolute Gasteiger partial charge is 0.508 e. The monoisotopic (exact) mass is 668 g/mol. The van der Waals surface area contributed by atoms with E-state index in [9.17, 15) is 15.2 Å². The summed E-state index contributed by atoms with van der Waals surface area (Å²) in [4.78, 5) is 22.3. The number of nitriles is 1. The Morgan fingerprint density at radius 1 is 1.14 bits per heavy atom. The highest BCUT2D eigenvalue weighted by Gasteiger charge is 2.48. The van der Waals surface area contributed by atoms with E-state index in [0.717, 1.165) is 65.2 Å². The smallest absolute Gasteiger partial charge is 0.247 e. The molecule has 4 fully saturated rings. The molecular weight excluding hydrogens is 631 g/mol. The predicted molar refractivity (Wildman–Crippen MR) is 192 cm³/mol. The number of fused-ring (bicyclic) bond motifs is 5. The molecule has 1 saturated carbocycles. The lowest BCUT2D eigenvalue weighted by Gasteiger charge is -2.36. The molecule has 2 bridgehead atoms. The second-order valence-electron chi connectivity index (χ2n) is 14.1. The summed E-state index contributed by atoms with van der Waals surface area (Å²) in [5.41, 5.74) is 4.04. The molecule has 9 nitrogen and oxygen atoms in total. The van der Waals surface area contributed by atoms with Crippen LogP contribution in [0, 0.1) is 23.1 Å². The van der Waals surface area contributed by atoms with E-state index in [0.29, 0.717) is 52.9 Å². The highest BCUT2D eigenvalue weighted by molar-refractivity contribution is 6.14. The van der Waals surface area contributed by atoms with Crippen molar-refractivity contribution < 1.29 is 14.2 Å². The number of hydrogen-bond donors (Lipinski definition) is 3. The lowest BCUT2D eigenvalue weighted by molar-refractivity contribution is 0.195. The maximum absolute atomic E-state index is 17.6.